The molecule has 1 unspecified atom stereocenters. The zero-order valence-electron chi connectivity index (χ0n) is 19.1. The SMILES string of the molecule is COc1c(Nc2cc(NC(=O)C3CC3)nc3c2nc(C)n3C2CCCCO2)cccc1C(=O)O. The number of imidazole rings is 1. The highest BCUT2D eigenvalue weighted by molar-refractivity contribution is 5.98. The predicted octanol–water partition coefficient (Wildman–Crippen LogP) is 4.24. The molecule has 1 atom stereocenters. The van der Waals surface area contributed by atoms with Crippen molar-refractivity contribution < 1.29 is 24.2 Å². The molecule has 1 aliphatic heterocycles. The summed E-state index contributed by atoms with van der Waals surface area (Å²) in [6.07, 6.45) is 4.50. The maximum atomic E-state index is 12.5. The lowest BCUT2D eigenvalue weighted by Crippen LogP contribution is -2.20. The maximum Gasteiger partial charge on any atom is 0.339 e. The number of carbonyl (C=O) groups is 2. The van der Waals surface area contributed by atoms with Crippen LogP contribution in [0.25, 0.3) is 11.2 Å². The van der Waals surface area contributed by atoms with Crippen molar-refractivity contribution in [1.82, 2.24) is 14.5 Å². The monoisotopic (exact) mass is 465 g/mol. The Morgan fingerprint density at radius 3 is 2.68 bits per heavy atom. The van der Waals surface area contributed by atoms with E-state index in [0.717, 1.165) is 37.9 Å². The van der Waals surface area contributed by atoms with Crippen LogP contribution in [0.5, 0.6) is 5.75 Å². The van der Waals surface area contributed by atoms with Gasteiger partial charge in [-0.25, -0.2) is 14.8 Å². The van der Waals surface area contributed by atoms with Gasteiger partial charge in [-0.2, -0.15) is 0 Å². The van der Waals surface area contributed by atoms with Crippen LogP contribution in [0.4, 0.5) is 17.2 Å². The molecule has 10 nitrogen and oxygen atoms in total. The molecule has 3 heterocycles. The number of carboxylic acids is 1. The summed E-state index contributed by atoms with van der Waals surface area (Å²) < 4.78 is 13.4. The lowest BCUT2D eigenvalue weighted by Gasteiger charge is -2.25. The molecule has 1 saturated heterocycles. The number of aromatic carboxylic acids is 1. The number of nitrogens with one attached hydrogen (secondary N) is 2. The molecule has 3 N–H and O–H groups in total. The second-order valence-corrected chi connectivity index (χ2v) is 8.66. The number of carboxylic acid groups (broad SMARTS) is 1. The van der Waals surface area contributed by atoms with E-state index in [1.165, 1.54) is 13.2 Å². The number of para-hydroxylation sites is 1. The third-order valence-corrected chi connectivity index (χ3v) is 6.19. The van der Waals surface area contributed by atoms with Crippen molar-refractivity contribution in [3.05, 3.63) is 35.7 Å². The molecule has 0 bridgehead atoms. The molecule has 10 heteroatoms. The van der Waals surface area contributed by atoms with Crippen molar-refractivity contribution in [3.8, 4) is 5.75 Å². The zero-order chi connectivity index (χ0) is 23.8. The number of nitrogens with zero attached hydrogens (tertiary/aromatic N) is 3. The fourth-order valence-corrected chi connectivity index (χ4v) is 4.35. The Labute approximate surface area is 196 Å². The first kappa shape index (κ1) is 22.1. The second-order valence-electron chi connectivity index (χ2n) is 8.66. The Morgan fingerprint density at radius 1 is 1.18 bits per heavy atom. The molecule has 178 valence electrons. The number of methoxy groups -OCH3 is 1. The van der Waals surface area contributed by atoms with Crippen molar-refractivity contribution in [2.75, 3.05) is 24.4 Å². The number of carbonyl (C=O) groups excluding carboxylic acids is 1. The predicted molar refractivity (Wildman–Crippen MR) is 126 cm³/mol. The summed E-state index contributed by atoms with van der Waals surface area (Å²) in [6, 6.07) is 6.57. The minimum absolute atomic E-state index is 0.0228. The van der Waals surface area contributed by atoms with Crippen LogP contribution in [-0.2, 0) is 9.53 Å². The van der Waals surface area contributed by atoms with E-state index >= 15 is 0 Å². The maximum absolute atomic E-state index is 12.5. The highest BCUT2D eigenvalue weighted by Crippen LogP contribution is 2.37. The van der Waals surface area contributed by atoms with Gasteiger partial charge in [-0.05, 0) is 51.2 Å². The molecule has 3 aromatic rings. The number of ether oxygens (including phenoxy) is 2. The van der Waals surface area contributed by atoms with Crippen LogP contribution < -0.4 is 15.4 Å². The number of aryl methyl sites for hydroxylation is 1. The van der Waals surface area contributed by atoms with E-state index < -0.39 is 5.97 Å². The first-order valence-corrected chi connectivity index (χ1v) is 11.5. The van der Waals surface area contributed by atoms with Gasteiger partial charge < -0.3 is 25.2 Å². The average Bonchev–Trinajstić information content (AvgIpc) is 3.62. The zero-order valence-corrected chi connectivity index (χ0v) is 19.1. The van der Waals surface area contributed by atoms with E-state index in [9.17, 15) is 14.7 Å². The Bertz CT molecular complexity index is 1260. The first-order chi connectivity index (χ1) is 16.5. The van der Waals surface area contributed by atoms with Crippen molar-refractivity contribution in [2.24, 2.45) is 5.92 Å². The van der Waals surface area contributed by atoms with E-state index in [4.69, 9.17) is 19.4 Å². The summed E-state index contributed by atoms with van der Waals surface area (Å²) in [5.74, 6) is 0.226. The Morgan fingerprint density at radius 2 is 2.00 bits per heavy atom. The molecule has 1 aromatic carbocycles. The van der Waals surface area contributed by atoms with Gasteiger partial charge in [0.2, 0.25) is 5.91 Å². The number of benzene rings is 1. The molecule has 34 heavy (non-hydrogen) atoms. The van der Waals surface area contributed by atoms with Crippen molar-refractivity contribution in [1.29, 1.82) is 0 Å². The van der Waals surface area contributed by atoms with Crippen LogP contribution in [0.15, 0.2) is 24.3 Å². The summed E-state index contributed by atoms with van der Waals surface area (Å²) in [7, 11) is 1.43. The fraction of sp³-hybridized carbons (Fsp3) is 0.417. The second kappa shape index (κ2) is 8.94. The number of amides is 1. The van der Waals surface area contributed by atoms with Crippen LogP contribution >= 0.6 is 0 Å². The smallest absolute Gasteiger partial charge is 0.339 e. The van der Waals surface area contributed by atoms with Gasteiger partial charge >= 0.3 is 5.97 Å². The molecule has 1 amide bonds. The fourth-order valence-electron chi connectivity index (χ4n) is 4.35. The highest BCUT2D eigenvalue weighted by Gasteiger charge is 2.30. The van der Waals surface area contributed by atoms with Gasteiger partial charge in [0.15, 0.2) is 11.4 Å². The van der Waals surface area contributed by atoms with Gasteiger partial charge in [0, 0.05) is 18.6 Å². The Balaban J connectivity index is 1.62. The van der Waals surface area contributed by atoms with E-state index in [1.807, 2.05) is 11.5 Å². The largest absolute Gasteiger partial charge is 0.494 e. The molecule has 2 aliphatic rings. The minimum Gasteiger partial charge on any atom is -0.494 e. The lowest BCUT2D eigenvalue weighted by molar-refractivity contribution is -0.117. The highest BCUT2D eigenvalue weighted by atomic mass is 16.5. The molecule has 2 fully saturated rings. The number of pyridine rings is 1. The van der Waals surface area contributed by atoms with Crippen LogP contribution in [0.1, 0.15) is 54.5 Å². The third kappa shape index (κ3) is 4.16. The molecule has 1 saturated carbocycles. The molecule has 1 aliphatic carbocycles. The number of aromatic nitrogens is 3. The number of rotatable bonds is 7. The van der Waals surface area contributed by atoms with Crippen molar-refractivity contribution in [3.63, 3.8) is 0 Å². The number of hydrogen-bond acceptors (Lipinski definition) is 7. The minimum atomic E-state index is -1.09. The first-order valence-electron chi connectivity index (χ1n) is 11.5. The molecule has 0 radical (unpaired) electrons. The molecular weight excluding hydrogens is 438 g/mol. The topological polar surface area (TPSA) is 128 Å². The average molecular weight is 466 g/mol. The summed E-state index contributed by atoms with van der Waals surface area (Å²) in [4.78, 5) is 33.6. The molecular formula is C24H27N5O5. The van der Waals surface area contributed by atoms with E-state index in [0.29, 0.717) is 35.0 Å². The summed E-state index contributed by atoms with van der Waals surface area (Å²) in [6.45, 7) is 2.57. The van der Waals surface area contributed by atoms with Gasteiger partial charge in [0.25, 0.3) is 0 Å². The quantitative estimate of drug-likeness (QED) is 0.473. The van der Waals surface area contributed by atoms with Crippen LogP contribution in [0.2, 0.25) is 0 Å². The molecule has 5 rings (SSSR count). The van der Waals surface area contributed by atoms with E-state index in [1.54, 1.807) is 18.2 Å². The van der Waals surface area contributed by atoms with Gasteiger partial charge in [-0.1, -0.05) is 6.07 Å². The standard InChI is InChI=1S/C24H27N5O5/c1-13-25-20-17(26-16-7-5-6-15(24(31)32)21(16)33-2)12-18(28-23(30)14-9-10-14)27-22(20)29(13)19-8-3-4-11-34-19/h5-7,12,14,19H,3-4,8-11H2,1-2H3,(H,31,32)(H2,26,27,28,30). The molecule has 0 spiro atoms. The Hall–Kier alpha value is -3.66. The summed E-state index contributed by atoms with van der Waals surface area (Å²) in [5.41, 5.74) is 2.27. The van der Waals surface area contributed by atoms with E-state index in [-0.39, 0.29) is 29.4 Å². The normalized spacial score (nSPS) is 18.0. The van der Waals surface area contributed by atoms with Gasteiger partial charge in [0.1, 0.15) is 29.0 Å². The third-order valence-electron chi connectivity index (χ3n) is 6.19. The summed E-state index contributed by atoms with van der Waals surface area (Å²) in [5, 5.41) is 15.7. The van der Waals surface area contributed by atoms with Crippen molar-refractivity contribution >= 4 is 40.2 Å². The number of anilines is 3. The lowest BCUT2D eigenvalue weighted by atomic mass is 10.1. The number of fused-ring (bicyclic) bond motifs is 1. The van der Waals surface area contributed by atoms with Crippen LogP contribution in [0, 0.1) is 12.8 Å². The van der Waals surface area contributed by atoms with E-state index in [2.05, 4.69) is 10.6 Å². The molecule has 2 aromatic heterocycles. The number of hydrogen-bond donors (Lipinski definition) is 3. The van der Waals surface area contributed by atoms with Gasteiger partial charge in [-0.15, -0.1) is 0 Å². The Kier molecular flexibility index (Phi) is 5.82. The van der Waals surface area contributed by atoms with Gasteiger partial charge in [0.05, 0.1) is 18.5 Å². The van der Waals surface area contributed by atoms with Crippen LogP contribution in [0.3, 0.4) is 0 Å². The summed E-state index contributed by atoms with van der Waals surface area (Å²) >= 11 is 0. The van der Waals surface area contributed by atoms with Crippen LogP contribution in [-0.4, -0.2) is 45.2 Å². The van der Waals surface area contributed by atoms with Crippen molar-refractivity contribution in [2.45, 2.75) is 45.3 Å². The van der Waals surface area contributed by atoms with Gasteiger partial charge in [-0.3, -0.25) is 9.36 Å².